The Balaban J connectivity index is 2.17. The molecule has 2 aromatic carbocycles. The molecule has 0 aliphatic rings. The molecule has 4 nitrogen and oxygen atoms in total. The number of nitrogens with one attached hydrogen (secondary N) is 1. The largest absolute Gasteiger partial charge is 0.381 e. The third-order valence-corrected chi connectivity index (χ3v) is 3.56. The fourth-order valence-corrected chi connectivity index (χ4v) is 2.18. The van der Waals surface area contributed by atoms with E-state index >= 15 is 0 Å². The summed E-state index contributed by atoms with van der Waals surface area (Å²) in [5.74, 6) is -0.320. The average molecular weight is 339 g/mol. The van der Waals surface area contributed by atoms with Gasteiger partial charge in [0.15, 0.2) is 0 Å². The standard InChI is InChI=1S/C14H12BrFN2O2/c1-9-2-4-11(16)7-13(9)17-8-10-3-5-12(15)14(6-10)18(19)20/h2-7,17H,8H2,1H3. The van der Waals surface area contributed by atoms with Gasteiger partial charge >= 0.3 is 0 Å². The molecule has 0 aromatic heterocycles. The van der Waals surface area contributed by atoms with Gasteiger partial charge < -0.3 is 5.32 Å². The predicted molar refractivity (Wildman–Crippen MR) is 79.3 cm³/mol. The lowest BCUT2D eigenvalue weighted by Crippen LogP contribution is -2.02. The molecule has 6 heteroatoms. The second kappa shape index (κ2) is 6.00. The van der Waals surface area contributed by atoms with E-state index in [-0.39, 0.29) is 11.5 Å². The molecule has 0 radical (unpaired) electrons. The average Bonchev–Trinajstić information content (AvgIpc) is 2.41. The van der Waals surface area contributed by atoms with Crippen LogP contribution in [0, 0.1) is 22.9 Å². The number of rotatable bonds is 4. The van der Waals surface area contributed by atoms with Crippen molar-refractivity contribution in [2.45, 2.75) is 13.5 Å². The van der Waals surface area contributed by atoms with Gasteiger partial charge in [-0.25, -0.2) is 4.39 Å². The Bertz CT molecular complexity index is 662. The topological polar surface area (TPSA) is 55.2 Å². The van der Waals surface area contributed by atoms with Crippen LogP contribution in [0.1, 0.15) is 11.1 Å². The van der Waals surface area contributed by atoms with Gasteiger partial charge in [-0.3, -0.25) is 10.1 Å². The minimum absolute atomic E-state index is 0.0141. The van der Waals surface area contributed by atoms with Crippen LogP contribution in [0.2, 0.25) is 0 Å². The van der Waals surface area contributed by atoms with Crippen molar-refractivity contribution in [3.63, 3.8) is 0 Å². The highest BCUT2D eigenvalue weighted by molar-refractivity contribution is 9.10. The molecule has 0 aliphatic heterocycles. The second-order valence-electron chi connectivity index (χ2n) is 4.36. The summed E-state index contributed by atoms with van der Waals surface area (Å²) in [6, 6.07) is 9.38. The number of nitro groups is 1. The van der Waals surface area contributed by atoms with Crippen LogP contribution in [0.5, 0.6) is 0 Å². The first-order valence-corrected chi connectivity index (χ1v) is 6.69. The summed E-state index contributed by atoms with van der Waals surface area (Å²) < 4.78 is 13.6. The highest BCUT2D eigenvalue weighted by atomic mass is 79.9. The first-order chi connectivity index (χ1) is 9.47. The maximum Gasteiger partial charge on any atom is 0.283 e. The molecule has 0 bridgehead atoms. The molecule has 2 rings (SSSR count). The molecule has 0 spiro atoms. The molecule has 0 heterocycles. The van der Waals surface area contributed by atoms with E-state index in [2.05, 4.69) is 21.2 Å². The molecular weight excluding hydrogens is 327 g/mol. The van der Waals surface area contributed by atoms with E-state index in [0.717, 1.165) is 11.1 Å². The van der Waals surface area contributed by atoms with Gasteiger partial charge in [0, 0.05) is 18.3 Å². The first kappa shape index (κ1) is 14.5. The maximum absolute atomic E-state index is 13.2. The Kier molecular flexibility index (Phi) is 4.34. The zero-order valence-electron chi connectivity index (χ0n) is 10.7. The van der Waals surface area contributed by atoms with E-state index in [1.54, 1.807) is 18.2 Å². The number of hydrogen-bond acceptors (Lipinski definition) is 3. The van der Waals surface area contributed by atoms with Gasteiger partial charge in [0.05, 0.1) is 9.40 Å². The van der Waals surface area contributed by atoms with E-state index in [1.165, 1.54) is 18.2 Å². The molecular formula is C14H12BrFN2O2. The Morgan fingerprint density at radius 2 is 2.05 bits per heavy atom. The summed E-state index contributed by atoms with van der Waals surface area (Å²) in [7, 11) is 0. The normalized spacial score (nSPS) is 10.3. The van der Waals surface area contributed by atoms with Crippen LogP contribution >= 0.6 is 15.9 Å². The van der Waals surface area contributed by atoms with Crippen molar-refractivity contribution in [2.24, 2.45) is 0 Å². The molecule has 0 aliphatic carbocycles. The van der Waals surface area contributed by atoms with Gasteiger partial charge in [0.25, 0.3) is 5.69 Å². The van der Waals surface area contributed by atoms with Gasteiger partial charge in [-0.15, -0.1) is 0 Å². The van der Waals surface area contributed by atoms with E-state index in [9.17, 15) is 14.5 Å². The van der Waals surface area contributed by atoms with Crippen LogP contribution in [-0.2, 0) is 6.54 Å². The van der Waals surface area contributed by atoms with E-state index < -0.39 is 4.92 Å². The number of hydrogen-bond donors (Lipinski definition) is 1. The van der Waals surface area contributed by atoms with E-state index in [0.29, 0.717) is 16.7 Å². The number of anilines is 1. The number of nitrogens with zero attached hydrogens (tertiary/aromatic N) is 1. The zero-order chi connectivity index (χ0) is 14.7. The molecule has 0 saturated heterocycles. The highest BCUT2D eigenvalue weighted by Crippen LogP contribution is 2.26. The van der Waals surface area contributed by atoms with Crippen molar-refractivity contribution in [3.8, 4) is 0 Å². The quantitative estimate of drug-likeness (QED) is 0.663. The summed E-state index contributed by atoms with van der Waals surface area (Å²) >= 11 is 3.14. The Morgan fingerprint density at radius 1 is 1.30 bits per heavy atom. The zero-order valence-corrected chi connectivity index (χ0v) is 12.3. The fourth-order valence-electron chi connectivity index (χ4n) is 1.79. The van der Waals surface area contributed by atoms with Crippen molar-refractivity contribution in [3.05, 3.63) is 67.9 Å². The lowest BCUT2D eigenvalue weighted by molar-refractivity contribution is -0.385. The van der Waals surface area contributed by atoms with Crippen molar-refractivity contribution in [1.29, 1.82) is 0 Å². The smallest absolute Gasteiger partial charge is 0.283 e. The Labute approximate surface area is 123 Å². The first-order valence-electron chi connectivity index (χ1n) is 5.90. The number of halogens is 2. The molecule has 0 fully saturated rings. The van der Waals surface area contributed by atoms with Crippen molar-refractivity contribution in [1.82, 2.24) is 0 Å². The van der Waals surface area contributed by atoms with Gasteiger partial charge in [-0.1, -0.05) is 12.1 Å². The summed E-state index contributed by atoms with van der Waals surface area (Å²) in [6.07, 6.45) is 0. The SMILES string of the molecule is Cc1ccc(F)cc1NCc1ccc(Br)c([N+](=O)[O-])c1. The molecule has 0 amide bonds. The minimum Gasteiger partial charge on any atom is -0.381 e. The van der Waals surface area contributed by atoms with Gasteiger partial charge in [0.2, 0.25) is 0 Å². The van der Waals surface area contributed by atoms with Crippen molar-refractivity contribution < 1.29 is 9.31 Å². The highest BCUT2D eigenvalue weighted by Gasteiger charge is 2.12. The Hall–Kier alpha value is -1.95. The third kappa shape index (κ3) is 3.33. The molecule has 0 atom stereocenters. The maximum atomic E-state index is 13.2. The van der Waals surface area contributed by atoms with E-state index in [4.69, 9.17) is 0 Å². The fraction of sp³-hybridized carbons (Fsp3) is 0.143. The monoisotopic (exact) mass is 338 g/mol. The van der Waals surface area contributed by atoms with Gasteiger partial charge in [0.1, 0.15) is 5.82 Å². The van der Waals surface area contributed by atoms with Gasteiger partial charge in [-0.05, 0) is 52.2 Å². The number of benzene rings is 2. The summed E-state index contributed by atoms with van der Waals surface area (Å²) in [4.78, 5) is 10.4. The summed E-state index contributed by atoms with van der Waals surface area (Å²) in [5, 5.41) is 13.9. The van der Waals surface area contributed by atoms with Crippen LogP contribution in [0.25, 0.3) is 0 Å². The molecule has 0 saturated carbocycles. The van der Waals surface area contributed by atoms with Crippen LogP contribution in [0.3, 0.4) is 0 Å². The summed E-state index contributed by atoms with van der Waals surface area (Å²) in [6.45, 7) is 2.25. The predicted octanol–water partition coefficient (Wildman–Crippen LogP) is 4.42. The van der Waals surface area contributed by atoms with Crippen molar-refractivity contribution >= 4 is 27.3 Å². The molecule has 0 unspecified atom stereocenters. The van der Waals surface area contributed by atoms with Gasteiger partial charge in [-0.2, -0.15) is 0 Å². The van der Waals surface area contributed by atoms with E-state index in [1.807, 2.05) is 6.92 Å². The van der Waals surface area contributed by atoms with Crippen molar-refractivity contribution in [2.75, 3.05) is 5.32 Å². The molecule has 1 N–H and O–H groups in total. The molecule has 2 aromatic rings. The second-order valence-corrected chi connectivity index (χ2v) is 5.21. The van der Waals surface area contributed by atoms with Crippen LogP contribution in [-0.4, -0.2) is 4.92 Å². The minimum atomic E-state index is -0.443. The van der Waals surface area contributed by atoms with Crippen LogP contribution in [0.4, 0.5) is 15.8 Å². The summed E-state index contributed by atoms with van der Waals surface area (Å²) in [5.41, 5.74) is 2.36. The third-order valence-electron chi connectivity index (χ3n) is 2.89. The lowest BCUT2D eigenvalue weighted by Gasteiger charge is -2.10. The lowest BCUT2D eigenvalue weighted by atomic mass is 10.1. The number of nitro benzene ring substituents is 1. The molecule has 20 heavy (non-hydrogen) atoms. The van der Waals surface area contributed by atoms with Crippen LogP contribution < -0.4 is 5.32 Å². The van der Waals surface area contributed by atoms with Crippen LogP contribution in [0.15, 0.2) is 40.9 Å². The number of aryl methyl sites for hydroxylation is 1. The Morgan fingerprint density at radius 3 is 2.75 bits per heavy atom. The molecule has 104 valence electrons.